The largest absolute Gasteiger partial charge is 0.495 e. The van der Waals surface area contributed by atoms with Crippen LogP contribution in [0.5, 0.6) is 11.5 Å². The molecule has 0 bridgehead atoms. The van der Waals surface area contributed by atoms with Gasteiger partial charge >= 0.3 is 7.12 Å². The molecule has 2 aromatic rings. The first-order valence-corrected chi connectivity index (χ1v) is 6.67. The number of hydrogen-bond acceptors (Lipinski definition) is 4. The Hall–Kier alpha value is -1.53. The zero-order chi connectivity index (χ0) is 14.1. The van der Waals surface area contributed by atoms with Crippen molar-refractivity contribution in [3.05, 3.63) is 53.1 Å². The van der Waals surface area contributed by atoms with E-state index in [0.717, 1.165) is 0 Å². The van der Waals surface area contributed by atoms with Gasteiger partial charge in [-0.05, 0) is 24.3 Å². The van der Waals surface area contributed by atoms with E-state index in [9.17, 15) is 5.02 Å². The number of ether oxygens (including phenoxy) is 1. The van der Waals surface area contributed by atoms with Gasteiger partial charge in [-0.1, -0.05) is 29.8 Å². The van der Waals surface area contributed by atoms with E-state index in [2.05, 4.69) is 0 Å². The first-order chi connectivity index (χ1) is 9.70. The third-order valence-electron chi connectivity index (χ3n) is 3.24. The van der Waals surface area contributed by atoms with Crippen LogP contribution in [-0.2, 0) is 4.65 Å². The minimum absolute atomic E-state index is 0.249. The summed E-state index contributed by atoms with van der Waals surface area (Å²) in [6, 6.07) is 12.8. The molecule has 0 saturated heterocycles. The third kappa shape index (κ3) is 2.29. The van der Waals surface area contributed by atoms with Crippen molar-refractivity contribution in [1.29, 1.82) is 0 Å². The minimum Gasteiger partial charge on any atom is -0.458 e. The summed E-state index contributed by atoms with van der Waals surface area (Å²) < 4.78 is 11.2. The van der Waals surface area contributed by atoms with Crippen molar-refractivity contribution < 1.29 is 14.4 Å². The average Bonchev–Trinajstić information content (AvgIpc) is 2.81. The molecule has 3 rings (SSSR count). The molecule has 0 aliphatic carbocycles. The van der Waals surface area contributed by atoms with Crippen LogP contribution in [0.4, 0.5) is 0 Å². The maximum Gasteiger partial charge on any atom is 0.495 e. The van der Waals surface area contributed by atoms with E-state index in [1.807, 2.05) is 30.3 Å². The zero-order valence-electron chi connectivity index (χ0n) is 10.6. The number of halogens is 1. The quantitative estimate of drug-likeness (QED) is 0.847. The molecule has 0 radical (unpaired) electrons. The SMILES string of the molecule is NCC1OB(O)c2c(Oc3ccccc3)ccc(Cl)c21. The predicted molar refractivity (Wildman–Crippen MR) is 78.5 cm³/mol. The molecule has 1 unspecified atom stereocenters. The van der Waals surface area contributed by atoms with Crippen molar-refractivity contribution in [2.45, 2.75) is 6.10 Å². The second kappa shape index (κ2) is 5.46. The molecule has 102 valence electrons. The van der Waals surface area contributed by atoms with Crippen LogP contribution in [-0.4, -0.2) is 18.7 Å². The lowest BCUT2D eigenvalue weighted by atomic mass is 9.78. The lowest BCUT2D eigenvalue weighted by Crippen LogP contribution is -2.29. The highest BCUT2D eigenvalue weighted by molar-refractivity contribution is 6.63. The fourth-order valence-corrected chi connectivity index (χ4v) is 2.63. The van der Waals surface area contributed by atoms with E-state index in [4.69, 9.17) is 26.7 Å². The molecule has 1 aliphatic heterocycles. The van der Waals surface area contributed by atoms with Gasteiger partial charge in [-0.25, -0.2) is 0 Å². The molecule has 1 atom stereocenters. The second-order valence-corrected chi connectivity index (χ2v) is 4.91. The van der Waals surface area contributed by atoms with Crippen LogP contribution in [0.25, 0.3) is 0 Å². The Morgan fingerprint density at radius 3 is 2.70 bits per heavy atom. The maximum absolute atomic E-state index is 10.0. The van der Waals surface area contributed by atoms with Crippen LogP contribution in [0, 0.1) is 0 Å². The average molecular weight is 290 g/mol. The van der Waals surface area contributed by atoms with E-state index >= 15 is 0 Å². The Bertz CT molecular complexity index is 623. The van der Waals surface area contributed by atoms with Crippen molar-refractivity contribution in [2.24, 2.45) is 5.73 Å². The Kier molecular flexibility index (Phi) is 3.67. The molecular weight excluding hydrogens is 276 g/mol. The Balaban J connectivity index is 2.04. The molecule has 6 heteroatoms. The molecule has 0 aromatic heterocycles. The fourth-order valence-electron chi connectivity index (χ4n) is 2.34. The minimum atomic E-state index is -1.07. The Morgan fingerprint density at radius 1 is 1.25 bits per heavy atom. The van der Waals surface area contributed by atoms with E-state index < -0.39 is 13.2 Å². The summed E-state index contributed by atoms with van der Waals surface area (Å²) in [5.41, 5.74) is 6.90. The molecule has 20 heavy (non-hydrogen) atoms. The van der Waals surface area contributed by atoms with Crippen molar-refractivity contribution in [2.75, 3.05) is 6.54 Å². The molecule has 3 N–H and O–H groups in total. The lowest BCUT2D eigenvalue weighted by Gasteiger charge is -2.13. The van der Waals surface area contributed by atoms with Gasteiger partial charge < -0.3 is 20.1 Å². The summed E-state index contributed by atoms with van der Waals surface area (Å²) in [7, 11) is -1.07. The highest BCUT2D eigenvalue weighted by Gasteiger charge is 2.39. The van der Waals surface area contributed by atoms with E-state index in [1.54, 1.807) is 12.1 Å². The van der Waals surface area contributed by atoms with Gasteiger partial charge in [0.25, 0.3) is 0 Å². The summed E-state index contributed by atoms with van der Waals surface area (Å²) >= 11 is 6.18. The number of nitrogens with two attached hydrogens (primary N) is 1. The van der Waals surface area contributed by atoms with Gasteiger partial charge in [0.05, 0.1) is 6.10 Å². The fraction of sp³-hybridized carbons (Fsp3) is 0.143. The number of benzene rings is 2. The summed E-state index contributed by atoms with van der Waals surface area (Å²) in [4.78, 5) is 0. The van der Waals surface area contributed by atoms with Gasteiger partial charge in [0.1, 0.15) is 11.5 Å². The van der Waals surface area contributed by atoms with Crippen LogP contribution >= 0.6 is 11.6 Å². The third-order valence-corrected chi connectivity index (χ3v) is 3.57. The van der Waals surface area contributed by atoms with Crippen molar-refractivity contribution in [3.63, 3.8) is 0 Å². The monoisotopic (exact) mass is 289 g/mol. The number of hydrogen-bond donors (Lipinski definition) is 2. The molecule has 4 nitrogen and oxygen atoms in total. The summed E-state index contributed by atoms with van der Waals surface area (Å²) in [6.07, 6.45) is -0.410. The zero-order valence-corrected chi connectivity index (χ0v) is 11.4. The van der Waals surface area contributed by atoms with Gasteiger partial charge in [-0.15, -0.1) is 0 Å². The van der Waals surface area contributed by atoms with Crippen LogP contribution in [0.1, 0.15) is 11.7 Å². The Morgan fingerprint density at radius 2 is 2.00 bits per heavy atom. The molecule has 2 aromatic carbocycles. The lowest BCUT2D eigenvalue weighted by molar-refractivity contribution is 0.198. The summed E-state index contributed by atoms with van der Waals surface area (Å²) in [6.45, 7) is 0.249. The van der Waals surface area contributed by atoms with E-state index in [-0.39, 0.29) is 6.54 Å². The Labute approximate surface area is 122 Å². The predicted octanol–water partition coefficient (Wildman–Crippen LogP) is 1.85. The molecule has 1 heterocycles. The second-order valence-electron chi connectivity index (χ2n) is 4.50. The van der Waals surface area contributed by atoms with E-state index in [0.29, 0.717) is 27.5 Å². The first-order valence-electron chi connectivity index (χ1n) is 6.29. The molecule has 0 fully saturated rings. The van der Waals surface area contributed by atoms with E-state index in [1.165, 1.54) is 0 Å². The molecule has 0 saturated carbocycles. The summed E-state index contributed by atoms with van der Waals surface area (Å²) in [5, 5.41) is 10.6. The first kappa shape index (κ1) is 13.5. The number of fused-ring (bicyclic) bond motifs is 1. The normalized spacial score (nSPS) is 17.1. The van der Waals surface area contributed by atoms with Crippen LogP contribution in [0.15, 0.2) is 42.5 Å². The van der Waals surface area contributed by atoms with Gasteiger partial charge in [0, 0.05) is 22.6 Å². The molecular formula is C14H13BClNO3. The number of rotatable bonds is 3. The molecule has 1 aliphatic rings. The maximum atomic E-state index is 10.0. The van der Waals surface area contributed by atoms with Crippen molar-refractivity contribution >= 4 is 24.2 Å². The van der Waals surface area contributed by atoms with Crippen molar-refractivity contribution in [1.82, 2.24) is 0 Å². The highest BCUT2D eigenvalue weighted by Crippen LogP contribution is 2.34. The molecule has 0 amide bonds. The molecule has 0 spiro atoms. The van der Waals surface area contributed by atoms with Gasteiger partial charge in [-0.3, -0.25) is 0 Å². The van der Waals surface area contributed by atoms with Gasteiger partial charge in [0.2, 0.25) is 0 Å². The number of para-hydroxylation sites is 1. The van der Waals surface area contributed by atoms with Crippen LogP contribution < -0.4 is 15.9 Å². The smallest absolute Gasteiger partial charge is 0.458 e. The highest BCUT2D eigenvalue weighted by atomic mass is 35.5. The summed E-state index contributed by atoms with van der Waals surface area (Å²) in [5.74, 6) is 1.21. The van der Waals surface area contributed by atoms with Crippen LogP contribution in [0.2, 0.25) is 5.02 Å². The van der Waals surface area contributed by atoms with Crippen LogP contribution in [0.3, 0.4) is 0 Å². The van der Waals surface area contributed by atoms with Gasteiger partial charge in [0.15, 0.2) is 0 Å². The van der Waals surface area contributed by atoms with Gasteiger partial charge in [-0.2, -0.15) is 0 Å². The van der Waals surface area contributed by atoms with Crippen molar-refractivity contribution in [3.8, 4) is 11.5 Å². The topological polar surface area (TPSA) is 64.7 Å². The standard InChI is InChI=1S/C14H13BClNO3/c16-10-6-7-11(19-9-4-2-1-3-5-9)14-13(10)12(8-17)20-15(14)18/h1-7,12,18H,8,17H2.